The van der Waals surface area contributed by atoms with Gasteiger partial charge in [0.25, 0.3) is 0 Å². The molecule has 1 radical (unpaired) electrons. The summed E-state index contributed by atoms with van der Waals surface area (Å²) in [6.45, 7) is 2.15. The molecule has 1 aliphatic rings. The fourth-order valence-corrected chi connectivity index (χ4v) is 4.15. The first kappa shape index (κ1) is 11.7. The van der Waals surface area contributed by atoms with Crippen LogP contribution in [0, 0.1) is 6.92 Å². The molecular formula is C16H14OTe+. The second-order valence-electron chi connectivity index (χ2n) is 4.26. The van der Waals surface area contributed by atoms with Gasteiger partial charge in [-0.2, -0.15) is 0 Å². The Kier molecular flexibility index (Phi) is 3.32. The normalized spacial score (nSPS) is 13.8. The van der Waals surface area contributed by atoms with Crippen LogP contribution >= 0.6 is 0 Å². The molecule has 0 aromatic heterocycles. The molecule has 0 atom stereocenters. The molecular weight excluding hydrogens is 336 g/mol. The number of rotatable bonds is 2. The van der Waals surface area contributed by atoms with Crippen LogP contribution in [0.15, 0.2) is 60.7 Å². The van der Waals surface area contributed by atoms with Gasteiger partial charge in [-0.05, 0) is 0 Å². The molecule has 2 heteroatoms. The SMILES string of the molecule is Cc1ccccc1C1=CC(c2ccccc2)=[Te][OH+]1. The van der Waals surface area contributed by atoms with Crippen LogP contribution in [-0.2, 0) is 0 Å². The standard InChI is InChI=1S/C16H14OTe/c1-12-7-5-6-10-14(12)15-11-16(18-17-15)13-8-3-2-4-9-13/h2-11,17H,1H3/q+1. The number of benzene rings is 2. The second-order valence-corrected chi connectivity index (χ2v) is 6.55. The quantitative estimate of drug-likeness (QED) is 0.584. The van der Waals surface area contributed by atoms with Gasteiger partial charge >= 0.3 is 118 Å². The molecule has 0 amide bonds. The van der Waals surface area contributed by atoms with Crippen LogP contribution in [0.5, 0.6) is 0 Å². The third-order valence-electron chi connectivity index (χ3n) is 2.99. The summed E-state index contributed by atoms with van der Waals surface area (Å²) in [6, 6.07) is 19.1. The van der Waals surface area contributed by atoms with Gasteiger partial charge in [0.1, 0.15) is 0 Å². The molecule has 0 aliphatic carbocycles. The number of aliphatic hydroxyl groups is 1. The summed E-state index contributed by atoms with van der Waals surface area (Å²) in [5.41, 5.74) is 3.90. The molecule has 2 aromatic rings. The molecule has 0 saturated heterocycles. The van der Waals surface area contributed by atoms with Crippen LogP contribution in [0.1, 0.15) is 16.7 Å². The van der Waals surface area contributed by atoms with Gasteiger partial charge in [0.2, 0.25) is 0 Å². The molecule has 18 heavy (non-hydrogen) atoms. The van der Waals surface area contributed by atoms with E-state index in [1.807, 2.05) is 0 Å². The van der Waals surface area contributed by atoms with Gasteiger partial charge in [-0.25, -0.2) is 0 Å². The summed E-state index contributed by atoms with van der Waals surface area (Å²) in [6.07, 6.45) is 2.26. The van der Waals surface area contributed by atoms with Gasteiger partial charge in [-0.15, -0.1) is 0 Å². The molecule has 0 spiro atoms. The molecule has 2 aromatic carbocycles. The zero-order valence-corrected chi connectivity index (χ0v) is 12.5. The summed E-state index contributed by atoms with van der Waals surface area (Å²) in [7, 11) is 0. The molecule has 1 aliphatic heterocycles. The zero-order valence-electron chi connectivity index (χ0n) is 10.1. The topological polar surface area (TPSA) is 12.8 Å². The fraction of sp³-hybridized carbons (Fsp3) is 0.0625. The molecule has 0 saturated carbocycles. The zero-order chi connectivity index (χ0) is 12.4. The Labute approximate surface area is 117 Å². The summed E-state index contributed by atoms with van der Waals surface area (Å²) < 4.78 is 6.21. The van der Waals surface area contributed by atoms with Gasteiger partial charge in [0.05, 0.1) is 0 Å². The van der Waals surface area contributed by atoms with Gasteiger partial charge in [0, 0.05) is 0 Å². The van der Waals surface area contributed by atoms with Crippen LogP contribution in [0.4, 0.5) is 0 Å². The van der Waals surface area contributed by atoms with E-state index in [-0.39, 0.29) is 0 Å². The van der Waals surface area contributed by atoms with E-state index in [2.05, 4.69) is 67.6 Å². The van der Waals surface area contributed by atoms with E-state index in [4.69, 9.17) is 3.10 Å². The number of hydrogen-bond donors (Lipinski definition) is 0. The predicted octanol–water partition coefficient (Wildman–Crippen LogP) is 2.72. The fourth-order valence-electron chi connectivity index (χ4n) is 2.00. The Morgan fingerprint density at radius 3 is 2.39 bits per heavy atom. The van der Waals surface area contributed by atoms with E-state index in [1.165, 1.54) is 20.2 Å². The van der Waals surface area contributed by atoms with Crippen LogP contribution in [-0.4, -0.2) is 27.5 Å². The molecule has 1 nitrogen and oxygen atoms in total. The summed E-state index contributed by atoms with van der Waals surface area (Å²) in [4.78, 5) is 0. The maximum atomic E-state index is 4.78. The average Bonchev–Trinajstić information content (AvgIpc) is 2.90. The first-order valence-corrected chi connectivity index (χ1v) is 8.13. The van der Waals surface area contributed by atoms with Crippen molar-refractivity contribution in [3.05, 3.63) is 77.4 Å². The molecule has 0 unspecified atom stereocenters. The Balaban J connectivity index is 1.94. The second kappa shape index (κ2) is 5.10. The first-order chi connectivity index (χ1) is 8.84. The van der Waals surface area contributed by atoms with E-state index in [0.29, 0.717) is 0 Å². The Hall–Kier alpha value is -1.36. The first-order valence-electron chi connectivity index (χ1n) is 5.93. The maximum absolute atomic E-state index is 4.78. The van der Waals surface area contributed by atoms with Crippen molar-refractivity contribution in [1.29, 1.82) is 0 Å². The number of hydrogen-bond acceptors (Lipinski definition) is 0. The van der Waals surface area contributed by atoms with E-state index in [9.17, 15) is 0 Å². The molecule has 1 heterocycles. The van der Waals surface area contributed by atoms with Crippen molar-refractivity contribution in [3.8, 4) is 0 Å². The number of allylic oxidation sites excluding steroid dienone is 1. The van der Waals surface area contributed by atoms with E-state index in [0.717, 1.165) is 5.76 Å². The van der Waals surface area contributed by atoms with Gasteiger partial charge in [-0.1, -0.05) is 0 Å². The summed E-state index contributed by atoms with van der Waals surface area (Å²) in [5.74, 6) is 1.16. The van der Waals surface area contributed by atoms with Crippen molar-refractivity contribution in [2.24, 2.45) is 0 Å². The number of aryl methyl sites for hydroxylation is 1. The van der Waals surface area contributed by atoms with Crippen molar-refractivity contribution < 1.29 is 3.10 Å². The summed E-state index contributed by atoms with van der Waals surface area (Å²) >= 11 is -0.417. The average molecular weight is 350 g/mol. The molecule has 3 rings (SSSR count). The Morgan fingerprint density at radius 1 is 0.889 bits per heavy atom. The Bertz CT molecular complexity index is 627. The summed E-state index contributed by atoms with van der Waals surface area (Å²) in [5, 5.41) is 0. The predicted molar refractivity (Wildman–Crippen MR) is 77.7 cm³/mol. The molecule has 1 N–H and O–H groups in total. The molecule has 89 valence electrons. The third kappa shape index (κ3) is 2.27. The van der Waals surface area contributed by atoms with E-state index < -0.39 is 20.9 Å². The van der Waals surface area contributed by atoms with Crippen molar-refractivity contribution >= 4 is 30.2 Å². The monoisotopic (exact) mass is 352 g/mol. The van der Waals surface area contributed by atoms with Gasteiger partial charge < -0.3 is 0 Å². The van der Waals surface area contributed by atoms with Crippen molar-refractivity contribution in [1.82, 2.24) is 0 Å². The van der Waals surface area contributed by atoms with Crippen LogP contribution in [0.25, 0.3) is 5.76 Å². The minimum atomic E-state index is -0.417. The van der Waals surface area contributed by atoms with Crippen LogP contribution in [0.3, 0.4) is 0 Å². The van der Waals surface area contributed by atoms with Crippen LogP contribution < -0.4 is 0 Å². The van der Waals surface area contributed by atoms with Crippen LogP contribution in [0.2, 0.25) is 0 Å². The molecule has 0 fully saturated rings. The van der Waals surface area contributed by atoms with E-state index >= 15 is 0 Å². The van der Waals surface area contributed by atoms with Gasteiger partial charge in [-0.3, -0.25) is 0 Å². The van der Waals surface area contributed by atoms with E-state index in [1.54, 1.807) is 0 Å². The molecule has 0 bridgehead atoms. The third-order valence-corrected chi connectivity index (χ3v) is 5.38. The Morgan fingerprint density at radius 2 is 1.61 bits per heavy atom. The van der Waals surface area contributed by atoms with Crippen molar-refractivity contribution in [2.45, 2.75) is 6.92 Å². The van der Waals surface area contributed by atoms with Crippen molar-refractivity contribution in [2.75, 3.05) is 0 Å². The van der Waals surface area contributed by atoms with Crippen molar-refractivity contribution in [3.63, 3.8) is 0 Å². The minimum absolute atomic E-state index is 0.417. The van der Waals surface area contributed by atoms with Gasteiger partial charge in [0.15, 0.2) is 0 Å².